The fourth-order valence-electron chi connectivity index (χ4n) is 3.90. The van der Waals surface area contributed by atoms with Gasteiger partial charge in [-0.2, -0.15) is 5.10 Å². The number of aromatic amines is 1. The summed E-state index contributed by atoms with van der Waals surface area (Å²) in [5.41, 5.74) is 11.3. The van der Waals surface area contributed by atoms with E-state index in [9.17, 15) is 0 Å². The van der Waals surface area contributed by atoms with Crippen molar-refractivity contribution < 1.29 is 0 Å². The van der Waals surface area contributed by atoms with Gasteiger partial charge in [0.15, 0.2) is 0 Å². The average molecular weight is 336 g/mol. The van der Waals surface area contributed by atoms with Crippen LogP contribution in [0.1, 0.15) is 38.1 Å². The SMILES string of the molecule is [N-]=[N+]=NCC[C@H](C1CCCC1)n1cc(-c2ncnc3[nH]ccc23)cn1. The molecule has 1 aliphatic rings. The van der Waals surface area contributed by atoms with Crippen molar-refractivity contribution in [2.75, 3.05) is 6.54 Å². The van der Waals surface area contributed by atoms with Gasteiger partial charge in [-0.25, -0.2) is 9.97 Å². The van der Waals surface area contributed by atoms with Crippen LogP contribution in [0.4, 0.5) is 0 Å². The van der Waals surface area contributed by atoms with E-state index in [1.54, 1.807) is 6.33 Å². The van der Waals surface area contributed by atoms with E-state index in [4.69, 9.17) is 5.53 Å². The second kappa shape index (κ2) is 6.94. The first-order chi connectivity index (χ1) is 12.4. The monoisotopic (exact) mass is 336 g/mol. The van der Waals surface area contributed by atoms with Gasteiger partial charge in [-0.3, -0.25) is 4.68 Å². The molecule has 0 bridgehead atoms. The minimum absolute atomic E-state index is 0.269. The van der Waals surface area contributed by atoms with E-state index < -0.39 is 0 Å². The second-order valence-electron chi connectivity index (χ2n) is 6.53. The molecule has 1 atom stereocenters. The molecule has 4 rings (SSSR count). The Balaban J connectivity index is 1.65. The van der Waals surface area contributed by atoms with Crippen molar-refractivity contribution in [2.24, 2.45) is 11.0 Å². The Bertz CT molecular complexity index is 898. The summed E-state index contributed by atoms with van der Waals surface area (Å²) in [4.78, 5) is 14.7. The van der Waals surface area contributed by atoms with Crippen molar-refractivity contribution in [3.05, 3.63) is 41.4 Å². The lowest BCUT2D eigenvalue weighted by Gasteiger charge is -2.23. The van der Waals surface area contributed by atoms with E-state index >= 15 is 0 Å². The zero-order chi connectivity index (χ0) is 17.1. The highest BCUT2D eigenvalue weighted by molar-refractivity contribution is 5.89. The zero-order valence-corrected chi connectivity index (χ0v) is 13.9. The summed E-state index contributed by atoms with van der Waals surface area (Å²) >= 11 is 0. The molecule has 3 aromatic rings. The van der Waals surface area contributed by atoms with Crippen LogP contribution in [0.5, 0.6) is 0 Å². The molecule has 0 unspecified atom stereocenters. The van der Waals surface area contributed by atoms with Gasteiger partial charge in [0.05, 0.1) is 17.9 Å². The number of H-pyrrole nitrogens is 1. The Kier molecular flexibility index (Phi) is 4.35. The first-order valence-electron chi connectivity index (χ1n) is 8.70. The molecule has 0 amide bonds. The molecule has 0 spiro atoms. The van der Waals surface area contributed by atoms with Crippen molar-refractivity contribution in [1.29, 1.82) is 0 Å². The summed E-state index contributed by atoms with van der Waals surface area (Å²) in [6, 6.07) is 2.25. The predicted octanol–water partition coefficient (Wildman–Crippen LogP) is 4.25. The molecule has 1 fully saturated rings. The lowest BCUT2D eigenvalue weighted by Crippen LogP contribution is -2.19. The van der Waals surface area contributed by atoms with Crippen LogP contribution in [0.2, 0.25) is 0 Å². The molecular formula is C17H20N8. The van der Waals surface area contributed by atoms with Crippen LogP contribution in [0.25, 0.3) is 32.7 Å². The first kappa shape index (κ1) is 15.7. The summed E-state index contributed by atoms with van der Waals surface area (Å²) in [5.74, 6) is 0.597. The Morgan fingerprint density at radius 2 is 2.24 bits per heavy atom. The van der Waals surface area contributed by atoms with E-state index in [-0.39, 0.29) is 6.04 Å². The van der Waals surface area contributed by atoms with Gasteiger partial charge in [0.25, 0.3) is 0 Å². The number of nitrogens with one attached hydrogen (secondary N) is 1. The lowest BCUT2D eigenvalue weighted by molar-refractivity contribution is 0.296. The molecule has 8 nitrogen and oxygen atoms in total. The van der Waals surface area contributed by atoms with Gasteiger partial charge >= 0.3 is 0 Å². The number of hydrogen-bond acceptors (Lipinski definition) is 4. The van der Waals surface area contributed by atoms with E-state index in [0.29, 0.717) is 12.5 Å². The average Bonchev–Trinajstić information content (AvgIpc) is 3.39. The third-order valence-electron chi connectivity index (χ3n) is 5.10. The van der Waals surface area contributed by atoms with E-state index in [1.807, 2.05) is 23.1 Å². The second-order valence-corrected chi connectivity index (χ2v) is 6.53. The van der Waals surface area contributed by atoms with Gasteiger partial charge in [-0.15, -0.1) is 0 Å². The number of nitrogens with zero attached hydrogens (tertiary/aromatic N) is 7. The number of azide groups is 1. The van der Waals surface area contributed by atoms with Crippen molar-refractivity contribution >= 4 is 11.0 Å². The molecule has 0 aromatic carbocycles. The van der Waals surface area contributed by atoms with Crippen LogP contribution in [0, 0.1) is 5.92 Å². The fourth-order valence-corrected chi connectivity index (χ4v) is 3.90. The Hall–Kier alpha value is -2.86. The zero-order valence-electron chi connectivity index (χ0n) is 13.9. The van der Waals surface area contributed by atoms with Gasteiger partial charge in [-0.05, 0) is 36.8 Å². The number of aromatic nitrogens is 5. The van der Waals surface area contributed by atoms with Crippen LogP contribution in [0.3, 0.4) is 0 Å². The van der Waals surface area contributed by atoms with Gasteiger partial charge in [0.2, 0.25) is 0 Å². The van der Waals surface area contributed by atoms with Gasteiger partial charge in [0.1, 0.15) is 12.0 Å². The van der Waals surface area contributed by atoms with Crippen LogP contribution < -0.4 is 0 Å². The maximum absolute atomic E-state index is 8.57. The molecule has 25 heavy (non-hydrogen) atoms. The summed E-state index contributed by atoms with van der Waals surface area (Å²) in [5, 5.41) is 9.33. The number of fused-ring (bicyclic) bond motifs is 1. The third kappa shape index (κ3) is 3.08. The standard InChI is InChI=1S/C17H20N8/c18-24-22-8-6-15(12-3-1-2-4-12)25-10-13(9-23-25)16-14-5-7-19-17(14)21-11-20-16/h5,7,9-12,15H,1-4,6,8H2,(H,19,20,21)/t15-/m1/s1. The Morgan fingerprint density at radius 1 is 1.36 bits per heavy atom. The molecule has 0 radical (unpaired) electrons. The molecule has 1 N–H and O–H groups in total. The Labute approximate surface area is 144 Å². The van der Waals surface area contributed by atoms with Crippen LogP contribution in [-0.4, -0.2) is 31.3 Å². The minimum atomic E-state index is 0.269. The lowest BCUT2D eigenvalue weighted by atomic mass is 9.95. The highest BCUT2D eigenvalue weighted by atomic mass is 15.3. The fraction of sp³-hybridized carbons (Fsp3) is 0.471. The maximum atomic E-state index is 8.57. The van der Waals surface area contributed by atoms with Gasteiger partial charge in [0, 0.05) is 34.8 Å². The maximum Gasteiger partial charge on any atom is 0.141 e. The van der Waals surface area contributed by atoms with Crippen LogP contribution in [0.15, 0.2) is 36.1 Å². The summed E-state index contributed by atoms with van der Waals surface area (Å²) < 4.78 is 2.04. The van der Waals surface area contributed by atoms with E-state index in [1.165, 1.54) is 25.7 Å². The molecule has 8 heteroatoms. The minimum Gasteiger partial charge on any atom is -0.346 e. The van der Waals surface area contributed by atoms with E-state index in [2.05, 4.69) is 36.3 Å². The highest BCUT2D eigenvalue weighted by Crippen LogP contribution is 2.36. The van der Waals surface area contributed by atoms with Gasteiger partial charge in [-0.1, -0.05) is 18.0 Å². The molecule has 0 aliphatic heterocycles. The predicted molar refractivity (Wildman–Crippen MR) is 94.7 cm³/mol. The number of rotatable bonds is 6. The van der Waals surface area contributed by atoms with Crippen molar-refractivity contribution in [2.45, 2.75) is 38.1 Å². The number of hydrogen-bond donors (Lipinski definition) is 1. The summed E-state index contributed by atoms with van der Waals surface area (Å²) in [6.07, 6.45) is 13.2. The molecule has 128 valence electrons. The topological polar surface area (TPSA) is 108 Å². The smallest absolute Gasteiger partial charge is 0.141 e. The van der Waals surface area contributed by atoms with E-state index in [0.717, 1.165) is 28.7 Å². The van der Waals surface area contributed by atoms with Crippen molar-refractivity contribution in [3.8, 4) is 11.3 Å². The molecule has 0 saturated heterocycles. The first-order valence-corrected chi connectivity index (χ1v) is 8.70. The van der Waals surface area contributed by atoms with Gasteiger partial charge < -0.3 is 4.98 Å². The summed E-state index contributed by atoms with van der Waals surface area (Å²) in [6.45, 7) is 0.502. The highest BCUT2D eigenvalue weighted by Gasteiger charge is 2.27. The third-order valence-corrected chi connectivity index (χ3v) is 5.10. The molecule has 1 saturated carbocycles. The van der Waals surface area contributed by atoms with Crippen molar-refractivity contribution in [1.82, 2.24) is 24.7 Å². The Morgan fingerprint density at radius 3 is 3.08 bits per heavy atom. The van der Waals surface area contributed by atoms with Crippen LogP contribution >= 0.6 is 0 Å². The van der Waals surface area contributed by atoms with Crippen molar-refractivity contribution in [3.63, 3.8) is 0 Å². The molecular weight excluding hydrogens is 316 g/mol. The normalized spacial score (nSPS) is 16.2. The quantitative estimate of drug-likeness (QED) is 0.413. The molecule has 3 aromatic heterocycles. The van der Waals surface area contributed by atoms with Crippen LogP contribution in [-0.2, 0) is 0 Å². The summed E-state index contributed by atoms with van der Waals surface area (Å²) in [7, 11) is 0. The largest absolute Gasteiger partial charge is 0.346 e. The molecule has 3 heterocycles. The molecule has 1 aliphatic carbocycles.